The Kier molecular flexibility index (Phi) is 3.99. The molecule has 0 amide bonds. The molecule has 2 aromatic rings. The molecule has 0 radical (unpaired) electrons. The fourth-order valence-electron chi connectivity index (χ4n) is 1.42. The molecule has 2 rings (SSSR count). The Bertz CT molecular complexity index is 551. The summed E-state index contributed by atoms with van der Waals surface area (Å²) in [4.78, 5) is 8.01. The van der Waals surface area contributed by atoms with Crippen LogP contribution in [-0.2, 0) is 5.75 Å². The van der Waals surface area contributed by atoms with Gasteiger partial charge in [-0.2, -0.15) is 0 Å². The number of ether oxygens (including phenoxy) is 1. The molecule has 0 spiro atoms. The van der Waals surface area contributed by atoms with Crippen molar-refractivity contribution in [3.05, 3.63) is 42.0 Å². The van der Waals surface area contributed by atoms with Crippen LogP contribution in [-0.4, -0.2) is 17.1 Å². The van der Waals surface area contributed by atoms with Crippen molar-refractivity contribution in [2.75, 3.05) is 12.8 Å². The van der Waals surface area contributed by atoms with Crippen molar-refractivity contribution in [3.63, 3.8) is 0 Å². The van der Waals surface area contributed by atoms with Crippen molar-refractivity contribution in [1.29, 1.82) is 0 Å². The summed E-state index contributed by atoms with van der Waals surface area (Å²) < 4.78 is 18.8. The maximum absolute atomic E-state index is 13.9. The van der Waals surface area contributed by atoms with Gasteiger partial charge in [-0.25, -0.2) is 14.4 Å². The Morgan fingerprint density at radius 1 is 1.33 bits per heavy atom. The second-order valence-corrected chi connectivity index (χ2v) is 4.43. The van der Waals surface area contributed by atoms with Gasteiger partial charge in [-0.1, -0.05) is 23.9 Å². The molecule has 1 aromatic heterocycles. The predicted octanol–water partition coefficient (Wildman–Crippen LogP) is 2.50. The Morgan fingerprint density at radius 3 is 2.83 bits per heavy atom. The summed E-state index contributed by atoms with van der Waals surface area (Å²) >= 11 is 1.34. The molecule has 0 bridgehead atoms. The molecule has 2 N–H and O–H groups in total. The first kappa shape index (κ1) is 12.6. The number of nitrogen functional groups attached to an aromatic ring is 1. The van der Waals surface area contributed by atoms with Crippen LogP contribution in [0.1, 0.15) is 5.56 Å². The average Bonchev–Trinajstić information content (AvgIpc) is 2.39. The van der Waals surface area contributed by atoms with Gasteiger partial charge in [0.05, 0.1) is 7.11 Å². The zero-order valence-electron chi connectivity index (χ0n) is 9.76. The van der Waals surface area contributed by atoms with Crippen molar-refractivity contribution >= 4 is 17.6 Å². The van der Waals surface area contributed by atoms with Crippen LogP contribution in [0.5, 0.6) is 5.75 Å². The number of halogens is 1. The first-order valence-corrected chi connectivity index (χ1v) is 6.21. The number of benzene rings is 1. The molecule has 1 aromatic carbocycles. The zero-order chi connectivity index (χ0) is 13.0. The van der Waals surface area contributed by atoms with Gasteiger partial charge in [0, 0.05) is 23.7 Å². The summed E-state index contributed by atoms with van der Waals surface area (Å²) in [7, 11) is 1.44. The lowest BCUT2D eigenvalue weighted by molar-refractivity contribution is 0.385. The van der Waals surface area contributed by atoms with Gasteiger partial charge in [0.2, 0.25) is 0 Å². The summed E-state index contributed by atoms with van der Waals surface area (Å²) in [5, 5.41) is 0.597. The summed E-state index contributed by atoms with van der Waals surface area (Å²) in [6.45, 7) is 0. The van der Waals surface area contributed by atoms with Crippen molar-refractivity contribution in [1.82, 2.24) is 9.97 Å². The van der Waals surface area contributed by atoms with E-state index in [9.17, 15) is 4.39 Å². The third-order valence-electron chi connectivity index (χ3n) is 2.32. The van der Waals surface area contributed by atoms with Crippen LogP contribution in [0.2, 0.25) is 0 Å². The third kappa shape index (κ3) is 2.70. The normalized spacial score (nSPS) is 10.3. The Balaban J connectivity index is 2.14. The second-order valence-electron chi connectivity index (χ2n) is 3.47. The van der Waals surface area contributed by atoms with Gasteiger partial charge in [0.1, 0.15) is 5.03 Å². The van der Waals surface area contributed by atoms with Crippen molar-refractivity contribution in [3.8, 4) is 5.75 Å². The van der Waals surface area contributed by atoms with Gasteiger partial charge in [0.25, 0.3) is 0 Å². The lowest BCUT2D eigenvalue weighted by Crippen LogP contribution is -1.96. The van der Waals surface area contributed by atoms with Crippen molar-refractivity contribution in [2.45, 2.75) is 10.8 Å². The van der Waals surface area contributed by atoms with Crippen LogP contribution >= 0.6 is 11.8 Å². The number of methoxy groups -OCH3 is 1. The van der Waals surface area contributed by atoms with Crippen LogP contribution in [0.4, 0.5) is 10.2 Å². The number of nitrogens with zero attached hydrogens (tertiary/aromatic N) is 2. The highest BCUT2D eigenvalue weighted by Gasteiger charge is 2.10. The van der Waals surface area contributed by atoms with Crippen LogP contribution < -0.4 is 10.5 Å². The van der Waals surface area contributed by atoms with Gasteiger partial charge in [-0.05, 0) is 6.07 Å². The van der Waals surface area contributed by atoms with Crippen LogP contribution in [0.15, 0.2) is 35.6 Å². The number of thioether (sulfide) groups is 1. The first-order chi connectivity index (χ1) is 8.72. The smallest absolute Gasteiger partial charge is 0.169 e. The molecule has 0 aliphatic heterocycles. The van der Waals surface area contributed by atoms with E-state index in [0.717, 1.165) is 0 Å². The van der Waals surface area contributed by atoms with Gasteiger partial charge in [-0.15, -0.1) is 0 Å². The lowest BCUT2D eigenvalue weighted by Gasteiger charge is -2.07. The number of aromatic nitrogens is 2. The van der Waals surface area contributed by atoms with E-state index in [4.69, 9.17) is 10.5 Å². The first-order valence-electron chi connectivity index (χ1n) is 5.23. The van der Waals surface area contributed by atoms with E-state index in [1.807, 2.05) is 0 Å². The number of anilines is 1. The largest absolute Gasteiger partial charge is 0.494 e. The van der Waals surface area contributed by atoms with Gasteiger partial charge in [0.15, 0.2) is 17.4 Å². The lowest BCUT2D eigenvalue weighted by atomic mass is 10.2. The predicted molar refractivity (Wildman–Crippen MR) is 69.0 cm³/mol. The minimum atomic E-state index is -0.352. The van der Waals surface area contributed by atoms with E-state index in [1.54, 1.807) is 24.4 Å². The molecule has 0 saturated heterocycles. The highest BCUT2D eigenvalue weighted by Crippen LogP contribution is 2.28. The summed E-state index contributed by atoms with van der Waals surface area (Å²) in [5.74, 6) is 0.660. The van der Waals surface area contributed by atoms with Crippen molar-refractivity contribution < 1.29 is 9.13 Å². The molecule has 6 heteroatoms. The molecule has 0 aliphatic rings. The number of hydrogen-bond donors (Lipinski definition) is 1. The van der Waals surface area contributed by atoms with Crippen molar-refractivity contribution in [2.24, 2.45) is 0 Å². The average molecular weight is 265 g/mol. The zero-order valence-corrected chi connectivity index (χ0v) is 10.6. The van der Waals surface area contributed by atoms with Gasteiger partial charge in [-0.3, -0.25) is 0 Å². The summed E-state index contributed by atoms with van der Waals surface area (Å²) in [6, 6.07) is 5.04. The van der Waals surface area contributed by atoms with Crippen LogP contribution in [0.3, 0.4) is 0 Å². The Morgan fingerprint density at radius 2 is 2.11 bits per heavy atom. The SMILES string of the molecule is COc1cccc(CSc2nccnc2N)c1F. The molecule has 0 aliphatic carbocycles. The molecule has 0 saturated carbocycles. The molecular weight excluding hydrogens is 253 g/mol. The van der Waals surface area contributed by atoms with E-state index in [0.29, 0.717) is 22.2 Å². The molecule has 0 unspecified atom stereocenters. The maximum Gasteiger partial charge on any atom is 0.169 e. The highest BCUT2D eigenvalue weighted by molar-refractivity contribution is 7.98. The minimum Gasteiger partial charge on any atom is -0.494 e. The molecule has 4 nitrogen and oxygen atoms in total. The number of nitrogens with two attached hydrogens (primary N) is 1. The quantitative estimate of drug-likeness (QED) is 0.861. The number of hydrogen-bond acceptors (Lipinski definition) is 5. The standard InChI is InChI=1S/C12H12FN3OS/c1-17-9-4-2-3-8(10(9)13)7-18-12-11(14)15-5-6-16-12/h2-6H,7H2,1H3,(H2,14,15). The van der Waals surface area contributed by atoms with E-state index in [-0.39, 0.29) is 11.6 Å². The second kappa shape index (κ2) is 5.68. The van der Waals surface area contributed by atoms with Crippen LogP contribution in [0, 0.1) is 5.82 Å². The summed E-state index contributed by atoms with van der Waals surface area (Å²) in [5.41, 5.74) is 6.21. The molecule has 1 heterocycles. The third-order valence-corrected chi connectivity index (χ3v) is 3.36. The molecule has 18 heavy (non-hydrogen) atoms. The maximum atomic E-state index is 13.9. The molecular formula is C12H12FN3OS. The Hall–Kier alpha value is -1.82. The minimum absolute atomic E-state index is 0.236. The molecule has 0 fully saturated rings. The monoisotopic (exact) mass is 265 g/mol. The molecule has 94 valence electrons. The van der Waals surface area contributed by atoms with E-state index >= 15 is 0 Å². The Labute approximate surface area is 108 Å². The number of rotatable bonds is 4. The van der Waals surface area contributed by atoms with E-state index < -0.39 is 0 Å². The van der Waals surface area contributed by atoms with Crippen LogP contribution in [0.25, 0.3) is 0 Å². The highest BCUT2D eigenvalue weighted by atomic mass is 32.2. The molecule has 0 atom stereocenters. The fourth-order valence-corrected chi connectivity index (χ4v) is 2.27. The van der Waals surface area contributed by atoms with Gasteiger partial charge < -0.3 is 10.5 Å². The van der Waals surface area contributed by atoms with E-state index in [2.05, 4.69) is 9.97 Å². The topological polar surface area (TPSA) is 61.0 Å². The van der Waals surface area contributed by atoms with E-state index in [1.165, 1.54) is 25.1 Å². The fraction of sp³-hybridized carbons (Fsp3) is 0.167. The van der Waals surface area contributed by atoms with Gasteiger partial charge >= 0.3 is 0 Å². The summed E-state index contributed by atoms with van der Waals surface area (Å²) in [6.07, 6.45) is 3.08.